The zero-order valence-electron chi connectivity index (χ0n) is 9.30. The molecule has 2 aromatic carbocycles. The summed E-state index contributed by atoms with van der Waals surface area (Å²) >= 11 is 5.90. The Kier molecular flexibility index (Phi) is 3.20. The number of halogens is 2. The van der Waals surface area contributed by atoms with Crippen LogP contribution >= 0.6 is 11.6 Å². The molecule has 0 aliphatic carbocycles. The summed E-state index contributed by atoms with van der Waals surface area (Å²) in [5.41, 5.74) is 8.43. The van der Waals surface area contributed by atoms with Gasteiger partial charge < -0.3 is 11.1 Å². The number of benzene rings is 2. The number of hydrogen-bond donors (Lipinski definition) is 2. The first-order chi connectivity index (χ1) is 8.06. The molecule has 0 amide bonds. The van der Waals surface area contributed by atoms with Crippen LogP contribution in [0.4, 0.5) is 21.5 Å². The summed E-state index contributed by atoms with van der Waals surface area (Å²) in [6.45, 7) is 1.83. The van der Waals surface area contributed by atoms with Crippen molar-refractivity contribution < 1.29 is 4.39 Å². The van der Waals surface area contributed by atoms with Crippen LogP contribution in [-0.4, -0.2) is 0 Å². The lowest BCUT2D eigenvalue weighted by Gasteiger charge is -2.11. The van der Waals surface area contributed by atoms with Crippen molar-refractivity contribution in [2.75, 3.05) is 11.1 Å². The van der Waals surface area contributed by atoms with E-state index < -0.39 is 0 Å². The third kappa shape index (κ3) is 2.68. The Morgan fingerprint density at radius 1 is 1.24 bits per heavy atom. The van der Waals surface area contributed by atoms with Gasteiger partial charge in [0.05, 0.1) is 16.4 Å². The van der Waals surface area contributed by atoms with Crippen LogP contribution in [0.25, 0.3) is 0 Å². The number of aryl methyl sites for hydroxylation is 1. The number of anilines is 3. The summed E-state index contributed by atoms with van der Waals surface area (Å²) in [6.07, 6.45) is 0. The molecule has 0 aliphatic heterocycles. The lowest BCUT2D eigenvalue weighted by atomic mass is 10.2. The molecule has 0 bridgehead atoms. The quantitative estimate of drug-likeness (QED) is 0.787. The normalized spacial score (nSPS) is 10.3. The largest absolute Gasteiger partial charge is 0.396 e. The summed E-state index contributed by atoms with van der Waals surface area (Å²) in [4.78, 5) is 0. The molecule has 0 unspecified atom stereocenters. The average molecular weight is 251 g/mol. The topological polar surface area (TPSA) is 38.0 Å². The van der Waals surface area contributed by atoms with E-state index in [0.717, 1.165) is 5.56 Å². The molecule has 0 radical (unpaired) electrons. The Hall–Kier alpha value is -1.74. The van der Waals surface area contributed by atoms with E-state index in [1.807, 2.05) is 13.0 Å². The van der Waals surface area contributed by atoms with Gasteiger partial charge in [0.25, 0.3) is 0 Å². The van der Waals surface area contributed by atoms with Crippen molar-refractivity contribution in [1.82, 2.24) is 0 Å². The van der Waals surface area contributed by atoms with Crippen LogP contribution in [-0.2, 0) is 0 Å². The second-order valence-corrected chi connectivity index (χ2v) is 4.25. The molecule has 2 aromatic rings. The van der Waals surface area contributed by atoms with Crippen LogP contribution in [0, 0.1) is 12.7 Å². The number of nitrogen functional groups attached to an aromatic ring is 1. The fraction of sp³-hybridized carbons (Fsp3) is 0.0769. The van der Waals surface area contributed by atoms with E-state index in [1.54, 1.807) is 18.2 Å². The van der Waals surface area contributed by atoms with E-state index in [9.17, 15) is 4.39 Å². The minimum Gasteiger partial charge on any atom is -0.396 e. The first-order valence-corrected chi connectivity index (χ1v) is 5.52. The SMILES string of the molecule is Cc1cc(F)cc(Nc2cccc(Cl)c2N)c1. The first kappa shape index (κ1) is 11.7. The van der Waals surface area contributed by atoms with E-state index in [-0.39, 0.29) is 5.82 Å². The van der Waals surface area contributed by atoms with Gasteiger partial charge in [-0.25, -0.2) is 4.39 Å². The summed E-state index contributed by atoms with van der Waals surface area (Å²) in [5.74, 6) is -0.284. The van der Waals surface area contributed by atoms with Crippen molar-refractivity contribution in [1.29, 1.82) is 0 Å². The molecule has 0 saturated heterocycles. The highest BCUT2D eigenvalue weighted by atomic mass is 35.5. The molecular formula is C13H12ClFN2. The molecule has 17 heavy (non-hydrogen) atoms. The highest BCUT2D eigenvalue weighted by molar-refractivity contribution is 6.33. The van der Waals surface area contributed by atoms with Gasteiger partial charge in [-0.15, -0.1) is 0 Å². The molecule has 0 heterocycles. The molecule has 2 rings (SSSR count). The second-order valence-electron chi connectivity index (χ2n) is 3.84. The zero-order valence-corrected chi connectivity index (χ0v) is 10.1. The Morgan fingerprint density at radius 3 is 2.71 bits per heavy atom. The van der Waals surface area contributed by atoms with Gasteiger partial charge in [-0.3, -0.25) is 0 Å². The Labute approximate surface area is 104 Å². The Bertz CT molecular complexity index is 535. The predicted octanol–water partition coefficient (Wildman–Crippen LogP) is 4.11. The Morgan fingerprint density at radius 2 is 2.00 bits per heavy atom. The van der Waals surface area contributed by atoms with Crippen molar-refractivity contribution in [3.05, 3.63) is 52.8 Å². The molecule has 0 saturated carbocycles. The lowest BCUT2D eigenvalue weighted by molar-refractivity contribution is 0.627. The number of hydrogen-bond acceptors (Lipinski definition) is 2. The van der Waals surface area contributed by atoms with Gasteiger partial charge in [-0.05, 0) is 42.8 Å². The van der Waals surface area contributed by atoms with Crippen molar-refractivity contribution in [3.8, 4) is 0 Å². The molecule has 0 aliphatic rings. The first-order valence-electron chi connectivity index (χ1n) is 5.14. The summed E-state index contributed by atoms with van der Waals surface area (Å²) in [6, 6.07) is 10.00. The Balaban J connectivity index is 2.34. The number of nitrogens with two attached hydrogens (primary N) is 1. The minimum absolute atomic E-state index is 0.284. The molecule has 3 N–H and O–H groups in total. The standard InChI is InChI=1S/C13H12ClFN2/c1-8-5-9(15)7-10(6-8)17-12-4-2-3-11(14)13(12)16/h2-7,17H,16H2,1H3. The number of rotatable bonds is 2. The van der Waals surface area contributed by atoms with E-state index in [2.05, 4.69) is 5.32 Å². The van der Waals surface area contributed by atoms with Gasteiger partial charge in [-0.1, -0.05) is 17.7 Å². The molecular weight excluding hydrogens is 239 g/mol. The van der Waals surface area contributed by atoms with Crippen LogP contribution in [0.2, 0.25) is 5.02 Å². The van der Waals surface area contributed by atoms with E-state index >= 15 is 0 Å². The molecule has 88 valence electrons. The van der Waals surface area contributed by atoms with Gasteiger partial charge in [0.2, 0.25) is 0 Å². The van der Waals surface area contributed by atoms with Crippen molar-refractivity contribution in [2.24, 2.45) is 0 Å². The summed E-state index contributed by atoms with van der Waals surface area (Å²) < 4.78 is 13.2. The van der Waals surface area contributed by atoms with Gasteiger partial charge >= 0.3 is 0 Å². The van der Waals surface area contributed by atoms with Crippen LogP contribution in [0.5, 0.6) is 0 Å². The minimum atomic E-state index is -0.284. The smallest absolute Gasteiger partial charge is 0.125 e. The van der Waals surface area contributed by atoms with Gasteiger partial charge in [0.15, 0.2) is 0 Å². The third-order valence-corrected chi connectivity index (χ3v) is 2.70. The van der Waals surface area contributed by atoms with Crippen molar-refractivity contribution >= 4 is 28.7 Å². The maximum absolute atomic E-state index is 13.2. The van der Waals surface area contributed by atoms with Gasteiger partial charge in [-0.2, -0.15) is 0 Å². The fourth-order valence-electron chi connectivity index (χ4n) is 1.61. The van der Waals surface area contributed by atoms with Gasteiger partial charge in [0, 0.05) is 5.69 Å². The lowest BCUT2D eigenvalue weighted by Crippen LogP contribution is -1.97. The monoisotopic (exact) mass is 250 g/mol. The number of nitrogens with one attached hydrogen (secondary N) is 1. The molecule has 0 fully saturated rings. The molecule has 0 atom stereocenters. The zero-order chi connectivity index (χ0) is 12.4. The predicted molar refractivity (Wildman–Crippen MR) is 70.3 cm³/mol. The van der Waals surface area contributed by atoms with Gasteiger partial charge in [0.1, 0.15) is 5.82 Å². The fourth-order valence-corrected chi connectivity index (χ4v) is 1.78. The average Bonchev–Trinajstić information content (AvgIpc) is 2.23. The summed E-state index contributed by atoms with van der Waals surface area (Å²) in [5, 5.41) is 3.52. The van der Waals surface area contributed by atoms with Crippen molar-refractivity contribution in [2.45, 2.75) is 6.92 Å². The highest BCUT2D eigenvalue weighted by Gasteiger charge is 2.04. The molecule has 0 spiro atoms. The van der Waals surface area contributed by atoms with Crippen LogP contribution < -0.4 is 11.1 Å². The summed E-state index contributed by atoms with van der Waals surface area (Å²) in [7, 11) is 0. The third-order valence-electron chi connectivity index (χ3n) is 2.37. The van der Waals surface area contributed by atoms with Crippen LogP contribution in [0.3, 0.4) is 0 Å². The van der Waals surface area contributed by atoms with E-state index in [0.29, 0.717) is 22.1 Å². The second kappa shape index (κ2) is 4.63. The van der Waals surface area contributed by atoms with Crippen molar-refractivity contribution in [3.63, 3.8) is 0 Å². The molecule has 0 aromatic heterocycles. The van der Waals surface area contributed by atoms with E-state index in [1.165, 1.54) is 12.1 Å². The maximum Gasteiger partial charge on any atom is 0.125 e. The molecule has 2 nitrogen and oxygen atoms in total. The number of para-hydroxylation sites is 1. The molecule has 4 heteroatoms. The van der Waals surface area contributed by atoms with E-state index in [4.69, 9.17) is 17.3 Å². The maximum atomic E-state index is 13.2. The van der Waals surface area contributed by atoms with Crippen LogP contribution in [0.1, 0.15) is 5.56 Å². The highest BCUT2D eigenvalue weighted by Crippen LogP contribution is 2.29. The van der Waals surface area contributed by atoms with Crippen LogP contribution in [0.15, 0.2) is 36.4 Å².